The molecule has 0 saturated carbocycles. The number of aryl methyl sites for hydroxylation is 2. The van der Waals surface area contributed by atoms with Crippen LogP contribution in [0.2, 0.25) is 0 Å². The maximum atomic E-state index is 10.8. The second-order valence-electron chi connectivity index (χ2n) is 4.12. The highest BCUT2D eigenvalue weighted by Gasteiger charge is 2.18. The number of hydrogen-bond donors (Lipinski definition) is 1. The minimum absolute atomic E-state index is 0.151. The van der Waals surface area contributed by atoms with Crippen molar-refractivity contribution in [3.63, 3.8) is 0 Å². The summed E-state index contributed by atoms with van der Waals surface area (Å²) in [5.41, 5.74) is 1.43. The Bertz CT molecular complexity index is 556. The van der Waals surface area contributed by atoms with Gasteiger partial charge in [0.15, 0.2) is 10.7 Å². The molecule has 1 aliphatic carbocycles. The molecule has 1 aliphatic rings. The largest absolute Gasteiger partial charge is 0.476 e. The Morgan fingerprint density at radius 3 is 3.00 bits per heavy atom. The number of carboxylic acids is 1. The van der Waals surface area contributed by atoms with Crippen molar-refractivity contribution in [3.8, 4) is 0 Å². The summed E-state index contributed by atoms with van der Waals surface area (Å²) in [5.74, 6) is -0.946. The van der Waals surface area contributed by atoms with Crippen LogP contribution in [0.25, 0.3) is 4.96 Å². The number of rotatable bonds is 1. The zero-order valence-electron chi connectivity index (χ0n) is 8.77. The average Bonchev–Trinajstić information content (AvgIpc) is 2.69. The first kappa shape index (κ1) is 9.84. The molecule has 2 heterocycles. The first-order valence-electron chi connectivity index (χ1n) is 5.48. The maximum Gasteiger partial charge on any atom is 0.356 e. The lowest BCUT2D eigenvalue weighted by Crippen LogP contribution is -1.96. The van der Waals surface area contributed by atoms with E-state index in [0.717, 1.165) is 17.8 Å². The zero-order valence-corrected chi connectivity index (χ0v) is 9.59. The van der Waals surface area contributed by atoms with Gasteiger partial charge in [0, 0.05) is 16.8 Å². The number of fused-ring (bicyclic) bond motifs is 3. The second kappa shape index (κ2) is 3.59. The molecule has 0 spiro atoms. The van der Waals surface area contributed by atoms with Crippen LogP contribution in [0.5, 0.6) is 0 Å². The normalized spacial score (nSPS) is 16.0. The summed E-state index contributed by atoms with van der Waals surface area (Å²) in [7, 11) is 0. The third-order valence-corrected chi connectivity index (χ3v) is 4.19. The summed E-state index contributed by atoms with van der Waals surface area (Å²) >= 11 is 1.64. The molecule has 1 N–H and O–H groups in total. The Morgan fingerprint density at radius 1 is 1.38 bits per heavy atom. The smallest absolute Gasteiger partial charge is 0.356 e. The Hall–Kier alpha value is -1.36. The first-order chi connectivity index (χ1) is 7.75. The van der Waals surface area contributed by atoms with Crippen LogP contribution in [0.4, 0.5) is 0 Å². The second-order valence-corrected chi connectivity index (χ2v) is 5.18. The molecule has 0 aliphatic heterocycles. The fourth-order valence-electron chi connectivity index (χ4n) is 2.25. The van der Waals surface area contributed by atoms with Crippen molar-refractivity contribution in [2.45, 2.75) is 32.1 Å². The number of carboxylic acid groups (broad SMARTS) is 1. The van der Waals surface area contributed by atoms with Gasteiger partial charge in [0.1, 0.15) is 0 Å². The molecule has 84 valence electrons. The molecule has 2 aromatic heterocycles. The number of imidazole rings is 1. The average molecular weight is 236 g/mol. The van der Waals surface area contributed by atoms with Crippen LogP contribution >= 0.6 is 11.3 Å². The van der Waals surface area contributed by atoms with Gasteiger partial charge in [-0.05, 0) is 25.7 Å². The van der Waals surface area contributed by atoms with Crippen LogP contribution in [0.3, 0.4) is 0 Å². The number of thiazole rings is 1. The molecule has 16 heavy (non-hydrogen) atoms. The lowest BCUT2D eigenvalue weighted by atomic mass is 10.2. The summed E-state index contributed by atoms with van der Waals surface area (Å²) in [4.78, 5) is 17.2. The van der Waals surface area contributed by atoms with E-state index in [-0.39, 0.29) is 5.69 Å². The van der Waals surface area contributed by atoms with Crippen molar-refractivity contribution >= 4 is 22.3 Å². The lowest BCUT2D eigenvalue weighted by Gasteiger charge is -1.97. The number of aromatic nitrogens is 2. The molecule has 0 atom stereocenters. The Labute approximate surface area is 96.5 Å². The predicted octanol–water partition coefficient (Wildman–Crippen LogP) is 2.36. The van der Waals surface area contributed by atoms with Crippen molar-refractivity contribution in [1.82, 2.24) is 9.38 Å². The van der Waals surface area contributed by atoms with Gasteiger partial charge < -0.3 is 5.11 Å². The molecule has 0 radical (unpaired) electrons. The minimum Gasteiger partial charge on any atom is -0.476 e. The van der Waals surface area contributed by atoms with E-state index < -0.39 is 5.97 Å². The van der Waals surface area contributed by atoms with E-state index in [9.17, 15) is 4.79 Å². The molecule has 2 aromatic rings. The molecular formula is C11H12N2O2S. The number of carbonyl (C=O) groups is 1. The van der Waals surface area contributed by atoms with E-state index in [0.29, 0.717) is 0 Å². The Balaban J connectivity index is 2.16. The quantitative estimate of drug-likeness (QED) is 0.773. The van der Waals surface area contributed by atoms with Gasteiger partial charge in [0.25, 0.3) is 0 Å². The number of aromatic carboxylic acids is 1. The van der Waals surface area contributed by atoms with E-state index in [1.165, 1.54) is 29.8 Å². The van der Waals surface area contributed by atoms with Crippen LogP contribution < -0.4 is 0 Å². The van der Waals surface area contributed by atoms with E-state index in [1.54, 1.807) is 17.5 Å². The van der Waals surface area contributed by atoms with Gasteiger partial charge in [0.05, 0.1) is 0 Å². The highest BCUT2D eigenvalue weighted by atomic mass is 32.1. The summed E-state index contributed by atoms with van der Waals surface area (Å²) in [6.45, 7) is 0. The highest BCUT2D eigenvalue weighted by Crippen LogP contribution is 2.29. The molecular weight excluding hydrogens is 224 g/mol. The highest BCUT2D eigenvalue weighted by molar-refractivity contribution is 7.17. The standard InChI is InChI=1S/C11H12N2O2S/c14-10(15)7-6-13-8-4-2-1-3-5-9(8)16-11(13)12-7/h6H,1-5H2,(H,14,15). The maximum absolute atomic E-state index is 10.8. The summed E-state index contributed by atoms with van der Waals surface area (Å²) < 4.78 is 1.97. The molecule has 0 unspecified atom stereocenters. The molecule has 0 fully saturated rings. The van der Waals surface area contributed by atoms with Gasteiger partial charge in [-0.1, -0.05) is 6.42 Å². The van der Waals surface area contributed by atoms with Crippen LogP contribution in [0, 0.1) is 0 Å². The van der Waals surface area contributed by atoms with Crippen LogP contribution in [0.1, 0.15) is 40.3 Å². The van der Waals surface area contributed by atoms with E-state index in [4.69, 9.17) is 5.11 Å². The van der Waals surface area contributed by atoms with Gasteiger partial charge >= 0.3 is 5.97 Å². The monoisotopic (exact) mass is 236 g/mol. The van der Waals surface area contributed by atoms with Crippen LogP contribution in [-0.4, -0.2) is 20.5 Å². The fourth-order valence-corrected chi connectivity index (χ4v) is 3.44. The number of hydrogen-bond acceptors (Lipinski definition) is 3. The van der Waals surface area contributed by atoms with Crippen LogP contribution in [-0.2, 0) is 12.8 Å². The first-order valence-corrected chi connectivity index (χ1v) is 6.30. The fraction of sp³-hybridized carbons (Fsp3) is 0.455. The third-order valence-electron chi connectivity index (χ3n) is 3.04. The van der Waals surface area contributed by atoms with Crippen molar-refractivity contribution in [2.24, 2.45) is 0 Å². The van der Waals surface area contributed by atoms with Crippen molar-refractivity contribution in [1.29, 1.82) is 0 Å². The lowest BCUT2D eigenvalue weighted by molar-refractivity contribution is 0.0691. The topological polar surface area (TPSA) is 54.6 Å². The van der Waals surface area contributed by atoms with Gasteiger partial charge in [-0.3, -0.25) is 4.40 Å². The van der Waals surface area contributed by atoms with Gasteiger partial charge in [-0.15, -0.1) is 11.3 Å². The van der Waals surface area contributed by atoms with Gasteiger partial charge in [0.2, 0.25) is 0 Å². The minimum atomic E-state index is -0.946. The Morgan fingerprint density at radius 2 is 2.19 bits per heavy atom. The summed E-state index contributed by atoms with van der Waals surface area (Å²) in [5, 5.41) is 8.89. The summed E-state index contributed by atoms with van der Waals surface area (Å²) in [6, 6.07) is 0. The van der Waals surface area contributed by atoms with Crippen molar-refractivity contribution in [2.75, 3.05) is 0 Å². The van der Waals surface area contributed by atoms with Gasteiger partial charge in [-0.25, -0.2) is 9.78 Å². The van der Waals surface area contributed by atoms with E-state index in [1.807, 2.05) is 4.40 Å². The molecule has 4 nitrogen and oxygen atoms in total. The Kier molecular flexibility index (Phi) is 2.21. The summed E-state index contributed by atoms with van der Waals surface area (Å²) in [6.07, 6.45) is 7.51. The van der Waals surface area contributed by atoms with Crippen molar-refractivity contribution in [3.05, 3.63) is 22.5 Å². The SMILES string of the molecule is O=C(O)c1cn2c3c(sc2n1)CCCCC3. The number of nitrogens with zero attached hydrogens (tertiary/aromatic N) is 2. The third kappa shape index (κ3) is 1.43. The predicted molar refractivity (Wildman–Crippen MR) is 61.3 cm³/mol. The zero-order chi connectivity index (χ0) is 11.1. The molecule has 0 saturated heterocycles. The molecule has 3 rings (SSSR count). The molecule has 5 heteroatoms. The van der Waals surface area contributed by atoms with Crippen molar-refractivity contribution < 1.29 is 9.90 Å². The van der Waals surface area contributed by atoms with E-state index >= 15 is 0 Å². The van der Waals surface area contributed by atoms with E-state index in [2.05, 4.69) is 4.98 Å². The molecule has 0 aromatic carbocycles. The van der Waals surface area contributed by atoms with Gasteiger partial charge in [-0.2, -0.15) is 0 Å². The van der Waals surface area contributed by atoms with Crippen LogP contribution in [0.15, 0.2) is 6.20 Å². The molecule has 0 bridgehead atoms. The molecule has 0 amide bonds.